The molecular formula is C5H9ClN2S. The van der Waals surface area contributed by atoms with Gasteiger partial charge in [-0.05, 0) is 7.05 Å². The van der Waals surface area contributed by atoms with Gasteiger partial charge in [-0.1, -0.05) is 0 Å². The monoisotopic (exact) mass is 164 g/mol. The molecule has 0 aliphatic rings. The van der Waals surface area contributed by atoms with Crippen molar-refractivity contribution >= 4 is 23.7 Å². The summed E-state index contributed by atoms with van der Waals surface area (Å²) in [6.07, 6.45) is 1.88. The number of aromatic nitrogens is 1. The first kappa shape index (κ1) is 8.88. The molecule has 0 bridgehead atoms. The fourth-order valence-corrected chi connectivity index (χ4v) is 1.11. The van der Waals surface area contributed by atoms with Crippen molar-refractivity contribution in [2.24, 2.45) is 0 Å². The summed E-state index contributed by atoms with van der Waals surface area (Å²) in [5.74, 6) is 0. The minimum atomic E-state index is 0. The second-order valence-corrected chi connectivity index (χ2v) is 2.47. The molecule has 9 heavy (non-hydrogen) atoms. The standard InChI is InChI=1S/C5H8N2S.ClH/c1-6-2-5-3-7-4-8-5;/h3-4,6H,2H2,1H3;1H. The van der Waals surface area contributed by atoms with Crippen LogP contribution in [0.5, 0.6) is 0 Å². The summed E-state index contributed by atoms with van der Waals surface area (Å²) in [7, 11) is 1.93. The number of rotatable bonds is 2. The van der Waals surface area contributed by atoms with Crippen molar-refractivity contribution in [3.05, 3.63) is 16.6 Å². The molecule has 0 spiro atoms. The Balaban J connectivity index is 0.000000640. The SMILES string of the molecule is CNCc1cncs1.Cl. The van der Waals surface area contributed by atoms with Crippen molar-refractivity contribution in [1.82, 2.24) is 10.3 Å². The quantitative estimate of drug-likeness (QED) is 0.713. The third-order valence-electron chi connectivity index (χ3n) is 0.834. The van der Waals surface area contributed by atoms with Crippen molar-refractivity contribution in [2.45, 2.75) is 6.54 Å². The summed E-state index contributed by atoms with van der Waals surface area (Å²) in [4.78, 5) is 5.20. The third-order valence-corrected chi connectivity index (χ3v) is 1.61. The summed E-state index contributed by atoms with van der Waals surface area (Å²) >= 11 is 1.67. The van der Waals surface area contributed by atoms with Gasteiger partial charge in [-0.25, -0.2) is 0 Å². The van der Waals surface area contributed by atoms with Crippen LogP contribution >= 0.6 is 23.7 Å². The Bertz CT molecular complexity index is 141. The molecule has 52 valence electrons. The van der Waals surface area contributed by atoms with Gasteiger partial charge in [0.1, 0.15) is 0 Å². The Morgan fingerprint density at radius 3 is 3.00 bits per heavy atom. The molecule has 1 aromatic heterocycles. The average Bonchev–Trinajstić information content (AvgIpc) is 2.19. The molecule has 1 heterocycles. The number of nitrogens with zero attached hydrogens (tertiary/aromatic N) is 1. The average molecular weight is 165 g/mol. The van der Waals surface area contributed by atoms with E-state index < -0.39 is 0 Å². The van der Waals surface area contributed by atoms with E-state index in [2.05, 4.69) is 10.3 Å². The van der Waals surface area contributed by atoms with Crippen LogP contribution < -0.4 is 5.32 Å². The van der Waals surface area contributed by atoms with E-state index in [-0.39, 0.29) is 12.4 Å². The maximum Gasteiger partial charge on any atom is 0.0794 e. The summed E-state index contributed by atoms with van der Waals surface area (Å²) in [5.41, 5.74) is 1.84. The van der Waals surface area contributed by atoms with E-state index in [1.165, 1.54) is 4.88 Å². The molecule has 0 saturated heterocycles. The van der Waals surface area contributed by atoms with Crippen LogP contribution in [-0.4, -0.2) is 12.0 Å². The van der Waals surface area contributed by atoms with E-state index in [0.717, 1.165) is 6.54 Å². The van der Waals surface area contributed by atoms with Crippen LogP contribution in [0.3, 0.4) is 0 Å². The molecule has 0 fully saturated rings. The molecule has 0 aliphatic carbocycles. The van der Waals surface area contributed by atoms with Crippen molar-refractivity contribution < 1.29 is 0 Å². The molecular weight excluding hydrogens is 156 g/mol. The highest BCUT2D eigenvalue weighted by atomic mass is 35.5. The fourth-order valence-electron chi connectivity index (χ4n) is 0.504. The van der Waals surface area contributed by atoms with Crippen molar-refractivity contribution in [3.8, 4) is 0 Å². The van der Waals surface area contributed by atoms with Crippen LogP contribution in [0, 0.1) is 0 Å². The van der Waals surface area contributed by atoms with Crippen LogP contribution in [0.2, 0.25) is 0 Å². The van der Waals surface area contributed by atoms with Gasteiger partial charge < -0.3 is 5.32 Å². The number of hydrogen-bond donors (Lipinski definition) is 1. The summed E-state index contributed by atoms with van der Waals surface area (Å²) in [6.45, 7) is 0.935. The van der Waals surface area contributed by atoms with Gasteiger partial charge in [-0.3, -0.25) is 4.98 Å². The second kappa shape index (κ2) is 4.73. The van der Waals surface area contributed by atoms with E-state index >= 15 is 0 Å². The van der Waals surface area contributed by atoms with Gasteiger partial charge in [-0.2, -0.15) is 0 Å². The summed E-state index contributed by atoms with van der Waals surface area (Å²) in [6, 6.07) is 0. The first-order chi connectivity index (χ1) is 3.93. The van der Waals surface area contributed by atoms with Gasteiger partial charge in [0.2, 0.25) is 0 Å². The first-order valence-electron chi connectivity index (χ1n) is 2.45. The Hall–Kier alpha value is -0.120. The molecule has 0 saturated carbocycles. The lowest BCUT2D eigenvalue weighted by Gasteiger charge is -1.88. The summed E-state index contributed by atoms with van der Waals surface area (Å²) in [5, 5.41) is 3.04. The minimum Gasteiger partial charge on any atom is -0.315 e. The second-order valence-electron chi connectivity index (χ2n) is 1.50. The lowest BCUT2D eigenvalue weighted by molar-refractivity contribution is 0.829. The highest BCUT2D eigenvalue weighted by Crippen LogP contribution is 2.02. The van der Waals surface area contributed by atoms with Crippen LogP contribution in [0.25, 0.3) is 0 Å². The van der Waals surface area contributed by atoms with Crippen LogP contribution in [-0.2, 0) is 6.54 Å². The van der Waals surface area contributed by atoms with E-state index in [4.69, 9.17) is 0 Å². The molecule has 1 N–H and O–H groups in total. The molecule has 0 aromatic carbocycles. The zero-order valence-corrected chi connectivity index (χ0v) is 6.76. The Morgan fingerprint density at radius 2 is 2.56 bits per heavy atom. The highest BCUT2D eigenvalue weighted by molar-refractivity contribution is 7.09. The van der Waals surface area contributed by atoms with Gasteiger partial charge >= 0.3 is 0 Å². The maximum absolute atomic E-state index is 3.92. The molecule has 2 nitrogen and oxygen atoms in total. The van der Waals surface area contributed by atoms with Gasteiger partial charge in [-0.15, -0.1) is 23.7 Å². The van der Waals surface area contributed by atoms with E-state index in [9.17, 15) is 0 Å². The minimum absolute atomic E-state index is 0. The van der Waals surface area contributed by atoms with E-state index in [0.29, 0.717) is 0 Å². The molecule has 0 amide bonds. The predicted octanol–water partition coefficient (Wildman–Crippen LogP) is 1.28. The van der Waals surface area contributed by atoms with Gasteiger partial charge in [0.05, 0.1) is 5.51 Å². The molecule has 4 heteroatoms. The zero-order valence-electron chi connectivity index (χ0n) is 5.13. The number of nitrogens with one attached hydrogen (secondary N) is 1. The largest absolute Gasteiger partial charge is 0.315 e. The highest BCUT2D eigenvalue weighted by Gasteiger charge is 1.87. The summed E-state index contributed by atoms with van der Waals surface area (Å²) < 4.78 is 0. The molecule has 0 unspecified atom stereocenters. The van der Waals surface area contributed by atoms with Crippen molar-refractivity contribution in [2.75, 3.05) is 7.05 Å². The lowest BCUT2D eigenvalue weighted by Crippen LogP contribution is -2.02. The molecule has 0 aliphatic heterocycles. The van der Waals surface area contributed by atoms with E-state index in [1.807, 2.05) is 18.8 Å². The Kier molecular flexibility index (Phi) is 4.67. The molecule has 1 rings (SSSR count). The van der Waals surface area contributed by atoms with Gasteiger partial charge in [0, 0.05) is 17.6 Å². The maximum atomic E-state index is 3.92. The van der Waals surface area contributed by atoms with Crippen LogP contribution in [0.4, 0.5) is 0 Å². The smallest absolute Gasteiger partial charge is 0.0794 e. The topological polar surface area (TPSA) is 24.9 Å². The Morgan fingerprint density at radius 1 is 1.78 bits per heavy atom. The molecule has 0 radical (unpaired) electrons. The van der Waals surface area contributed by atoms with Gasteiger partial charge in [0.15, 0.2) is 0 Å². The number of halogens is 1. The van der Waals surface area contributed by atoms with Crippen LogP contribution in [0.15, 0.2) is 11.7 Å². The van der Waals surface area contributed by atoms with Gasteiger partial charge in [0.25, 0.3) is 0 Å². The number of thiazole rings is 1. The first-order valence-corrected chi connectivity index (χ1v) is 3.33. The lowest BCUT2D eigenvalue weighted by atomic mass is 10.5. The Labute approximate surface area is 64.7 Å². The predicted molar refractivity (Wildman–Crippen MR) is 42.1 cm³/mol. The van der Waals surface area contributed by atoms with Crippen LogP contribution in [0.1, 0.15) is 4.88 Å². The van der Waals surface area contributed by atoms with Crippen molar-refractivity contribution in [1.29, 1.82) is 0 Å². The normalized spacial score (nSPS) is 8.56. The number of hydrogen-bond acceptors (Lipinski definition) is 3. The zero-order chi connectivity index (χ0) is 5.82. The third kappa shape index (κ3) is 2.79. The molecule has 0 atom stereocenters. The fraction of sp³-hybridized carbons (Fsp3) is 0.400. The van der Waals surface area contributed by atoms with Crippen molar-refractivity contribution in [3.63, 3.8) is 0 Å². The molecule has 1 aromatic rings. The van der Waals surface area contributed by atoms with E-state index in [1.54, 1.807) is 11.3 Å².